The molecule has 1 aromatic carbocycles. The molecule has 2 aromatic rings. The number of hydrogen-bond acceptors (Lipinski definition) is 4. The maximum absolute atomic E-state index is 10.1. The standard InChI is InChI=1S/C20H29N5O2/c1-4-22-20(23-12-16-11-17(27-3)5-6-19(16)26)24-9-7-15(2)18(13-24)25-10-8-21-14-25/h5-6,8,10-11,14-15,18,26H,4,7,9,12-13H2,1-3H3,(H,22,23). The molecule has 1 fully saturated rings. The van der Waals surface area contributed by atoms with Crippen molar-refractivity contribution in [3.05, 3.63) is 42.5 Å². The Kier molecular flexibility index (Phi) is 6.21. The zero-order valence-electron chi connectivity index (χ0n) is 16.3. The van der Waals surface area contributed by atoms with Crippen LogP contribution in [0.3, 0.4) is 0 Å². The molecule has 2 unspecified atom stereocenters. The lowest BCUT2D eigenvalue weighted by molar-refractivity contribution is 0.189. The molecule has 3 rings (SSSR count). The summed E-state index contributed by atoms with van der Waals surface area (Å²) in [5, 5.41) is 13.5. The summed E-state index contributed by atoms with van der Waals surface area (Å²) in [5.41, 5.74) is 0.751. The molecule has 0 aliphatic carbocycles. The molecule has 7 heteroatoms. The average molecular weight is 371 g/mol. The first kappa shape index (κ1) is 19.1. The molecule has 27 heavy (non-hydrogen) atoms. The number of phenolic OH excluding ortho intramolecular Hbond substituents is 1. The maximum Gasteiger partial charge on any atom is 0.194 e. The van der Waals surface area contributed by atoms with Crippen LogP contribution in [0.15, 0.2) is 41.9 Å². The Morgan fingerprint density at radius 1 is 1.44 bits per heavy atom. The third-order valence-corrected chi connectivity index (χ3v) is 5.15. The van der Waals surface area contributed by atoms with Crippen LogP contribution < -0.4 is 10.1 Å². The quantitative estimate of drug-likeness (QED) is 0.624. The van der Waals surface area contributed by atoms with Crippen molar-refractivity contribution < 1.29 is 9.84 Å². The number of benzene rings is 1. The second-order valence-electron chi connectivity index (χ2n) is 6.95. The SMILES string of the molecule is CCNC(=NCc1cc(OC)ccc1O)N1CCC(C)C(n2ccnc2)C1. The van der Waals surface area contributed by atoms with Gasteiger partial charge in [-0.1, -0.05) is 6.92 Å². The summed E-state index contributed by atoms with van der Waals surface area (Å²) < 4.78 is 7.44. The van der Waals surface area contributed by atoms with Crippen LogP contribution in [0.4, 0.5) is 0 Å². The van der Waals surface area contributed by atoms with Gasteiger partial charge in [-0.25, -0.2) is 9.98 Å². The molecule has 146 valence electrons. The van der Waals surface area contributed by atoms with E-state index in [2.05, 4.69) is 33.6 Å². The number of nitrogens with one attached hydrogen (secondary N) is 1. The Morgan fingerprint density at radius 3 is 3.00 bits per heavy atom. The summed E-state index contributed by atoms with van der Waals surface area (Å²) in [6.07, 6.45) is 6.85. The lowest BCUT2D eigenvalue weighted by atomic mass is 9.93. The molecule has 0 spiro atoms. The first-order valence-electron chi connectivity index (χ1n) is 9.49. The van der Waals surface area contributed by atoms with Crippen LogP contribution in [0.1, 0.15) is 31.9 Å². The molecule has 2 atom stereocenters. The van der Waals surface area contributed by atoms with Crippen molar-refractivity contribution in [1.29, 1.82) is 0 Å². The Hall–Kier alpha value is -2.70. The number of likely N-dealkylation sites (tertiary alicyclic amines) is 1. The van der Waals surface area contributed by atoms with Gasteiger partial charge < -0.3 is 24.6 Å². The molecule has 2 heterocycles. The van der Waals surface area contributed by atoms with Crippen LogP contribution in [0.2, 0.25) is 0 Å². The van der Waals surface area contributed by atoms with Crippen LogP contribution in [0.5, 0.6) is 11.5 Å². The molecule has 1 saturated heterocycles. The largest absolute Gasteiger partial charge is 0.508 e. The van der Waals surface area contributed by atoms with E-state index < -0.39 is 0 Å². The van der Waals surface area contributed by atoms with Gasteiger partial charge >= 0.3 is 0 Å². The smallest absolute Gasteiger partial charge is 0.194 e. The van der Waals surface area contributed by atoms with Gasteiger partial charge in [0.25, 0.3) is 0 Å². The van der Waals surface area contributed by atoms with E-state index in [0.717, 1.165) is 43.3 Å². The van der Waals surface area contributed by atoms with E-state index in [-0.39, 0.29) is 5.75 Å². The van der Waals surface area contributed by atoms with E-state index in [4.69, 9.17) is 9.73 Å². The highest BCUT2D eigenvalue weighted by atomic mass is 16.5. The number of piperidine rings is 1. The molecule has 0 radical (unpaired) electrons. The Morgan fingerprint density at radius 2 is 2.30 bits per heavy atom. The van der Waals surface area contributed by atoms with Gasteiger partial charge in [-0.3, -0.25) is 0 Å². The Labute approximate surface area is 160 Å². The van der Waals surface area contributed by atoms with E-state index in [9.17, 15) is 5.11 Å². The van der Waals surface area contributed by atoms with E-state index in [0.29, 0.717) is 18.5 Å². The van der Waals surface area contributed by atoms with Crippen molar-refractivity contribution in [3.63, 3.8) is 0 Å². The summed E-state index contributed by atoms with van der Waals surface area (Å²) in [4.78, 5) is 11.3. The fourth-order valence-electron chi connectivity index (χ4n) is 3.50. The lowest BCUT2D eigenvalue weighted by Crippen LogP contribution is -2.49. The van der Waals surface area contributed by atoms with Gasteiger partial charge in [-0.05, 0) is 37.5 Å². The topological polar surface area (TPSA) is 74.9 Å². The van der Waals surface area contributed by atoms with Crippen molar-refractivity contribution in [3.8, 4) is 11.5 Å². The molecule has 0 saturated carbocycles. The summed E-state index contributed by atoms with van der Waals surface area (Å²) in [6, 6.07) is 5.59. The molecule has 1 aromatic heterocycles. The van der Waals surface area contributed by atoms with Gasteiger partial charge in [0.05, 0.1) is 26.0 Å². The third kappa shape index (κ3) is 4.53. The summed E-state index contributed by atoms with van der Waals surface area (Å²) >= 11 is 0. The zero-order valence-corrected chi connectivity index (χ0v) is 16.3. The second kappa shape index (κ2) is 8.79. The monoisotopic (exact) mass is 371 g/mol. The molecular weight excluding hydrogens is 342 g/mol. The van der Waals surface area contributed by atoms with Gasteiger partial charge in [0.2, 0.25) is 0 Å². The van der Waals surface area contributed by atoms with E-state index >= 15 is 0 Å². The minimum absolute atomic E-state index is 0.235. The predicted octanol–water partition coefficient (Wildman–Crippen LogP) is 2.65. The number of guanidine groups is 1. The number of hydrogen-bond donors (Lipinski definition) is 2. The second-order valence-corrected chi connectivity index (χ2v) is 6.95. The number of imidazole rings is 1. The van der Waals surface area contributed by atoms with Crippen LogP contribution in [0, 0.1) is 5.92 Å². The normalized spacial score (nSPS) is 20.6. The Balaban J connectivity index is 1.77. The molecule has 7 nitrogen and oxygen atoms in total. The van der Waals surface area contributed by atoms with Crippen molar-refractivity contribution in [2.45, 2.75) is 32.9 Å². The van der Waals surface area contributed by atoms with Crippen molar-refractivity contribution in [1.82, 2.24) is 19.8 Å². The number of rotatable bonds is 5. The molecule has 1 aliphatic heterocycles. The van der Waals surface area contributed by atoms with Gasteiger partial charge in [-0.2, -0.15) is 0 Å². The van der Waals surface area contributed by atoms with Gasteiger partial charge in [0, 0.05) is 37.6 Å². The van der Waals surface area contributed by atoms with E-state index in [1.807, 2.05) is 24.8 Å². The van der Waals surface area contributed by atoms with Crippen molar-refractivity contribution in [2.75, 3.05) is 26.7 Å². The zero-order chi connectivity index (χ0) is 19.2. The first-order valence-corrected chi connectivity index (χ1v) is 9.49. The van der Waals surface area contributed by atoms with Crippen LogP contribution in [0.25, 0.3) is 0 Å². The minimum Gasteiger partial charge on any atom is -0.508 e. The third-order valence-electron chi connectivity index (χ3n) is 5.15. The molecule has 0 bridgehead atoms. The van der Waals surface area contributed by atoms with Crippen LogP contribution in [-0.4, -0.2) is 52.3 Å². The summed E-state index contributed by atoms with van der Waals surface area (Å²) in [7, 11) is 1.62. The lowest BCUT2D eigenvalue weighted by Gasteiger charge is -2.39. The maximum atomic E-state index is 10.1. The number of phenols is 1. The number of methoxy groups -OCH3 is 1. The minimum atomic E-state index is 0.235. The number of aromatic nitrogens is 2. The summed E-state index contributed by atoms with van der Waals surface area (Å²) in [5.74, 6) is 2.41. The number of nitrogens with zero attached hydrogens (tertiary/aromatic N) is 4. The van der Waals surface area contributed by atoms with Crippen LogP contribution >= 0.6 is 0 Å². The highest BCUT2D eigenvalue weighted by Gasteiger charge is 2.28. The summed E-state index contributed by atoms with van der Waals surface area (Å²) in [6.45, 7) is 7.40. The van der Waals surface area contributed by atoms with Crippen molar-refractivity contribution in [2.24, 2.45) is 10.9 Å². The van der Waals surface area contributed by atoms with Gasteiger partial charge in [-0.15, -0.1) is 0 Å². The van der Waals surface area contributed by atoms with Gasteiger partial charge in [0.1, 0.15) is 11.5 Å². The number of ether oxygens (including phenoxy) is 1. The van der Waals surface area contributed by atoms with Crippen LogP contribution in [-0.2, 0) is 6.54 Å². The predicted molar refractivity (Wildman–Crippen MR) is 106 cm³/mol. The number of aliphatic imine (C=N–C) groups is 1. The highest BCUT2D eigenvalue weighted by Crippen LogP contribution is 2.28. The van der Waals surface area contributed by atoms with E-state index in [1.165, 1.54) is 0 Å². The molecular formula is C20H29N5O2. The number of aromatic hydroxyl groups is 1. The molecule has 2 N–H and O–H groups in total. The molecule has 0 amide bonds. The van der Waals surface area contributed by atoms with E-state index in [1.54, 1.807) is 19.2 Å². The fourth-order valence-corrected chi connectivity index (χ4v) is 3.50. The fraction of sp³-hybridized carbons (Fsp3) is 0.500. The molecule has 1 aliphatic rings. The van der Waals surface area contributed by atoms with Gasteiger partial charge in [0.15, 0.2) is 5.96 Å². The average Bonchev–Trinajstić information content (AvgIpc) is 3.21. The van der Waals surface area contributed by atoms with Crippen molar-refractivity contribution >= 4 is 5.96 Å². The first-order chi connectivity index (χ1) is 13.1. The highest BCUT2D eigenvalue weighted by molar-refractivity contribution is 5.80. The Bertz CT molecular complexity index is 760.